The molecule has 0 aliphatic rings. The molecule has 0 saturated carbocycles. The Balaban J connectivity index is 1.52. The highest BCUT2D eigenvalue weighted by molar-refractivity contribution is 7.89. The molecule has 4 aromatic rings. The van der Waals surface area contributed by atoms with Gasteiger partial charge in [-0.25, -0.2) is 4.39 Å². The van der Waals surface area contributed by atoms with Crippen molar-refractivity contribution in [2.24, 2.45) is 0 Å². The standard InChI is InChI=1S/C24H20ClFN2O5S/c1-31-23-11-10-18(14-24(23)32-2)34(29,30)28-13-12-22(27-28)16-6-8-17(9-7-16)33-15-19-20(25)4-3-5-21(19)26/h3-14H,15H2,1-2H3. The second kappa shape index (κ2) is 9.74. The molecular weight excluding hydrogens is 483 g/mol. The normalized spacial score (nSPS) is 11.3. The lowest BCUT2D eigenvalue weighted by molar-refractivity contribution is 0.300. The van der Waals surface area contributed by atoms with E-state index in [0.29, 0.717) is 28.5 Å². The highest BCUT2D eigenvalue weighted by atomic mass is 35.5. The maximum Gasteiger partial charge on any atom is 0.283 e. The van der Waals surface area contributed by atoms with Gasteiger partial charge in [0.05, 0.1) is 29.8 Å². The Kier molecular flexibility index (Phi) is 6.76. The molecule has 0 unspecified atom stereocenters. The van der Waals surface area contributed by atoms with Crippen molar-refractivity contribution in [2.75, 3.05) is 14.2 Å². The molecule has 34 heavy (non-hydrogen) atoms. The van der Waals surface area contributed by atoms with Gasteiger partial charge in [0, 0.05) is 23.4 Å². The first kappa shape index (κ1) is 23.6. The van der Waals surface area contributed by atoms with Crippen molar-refractivity contribution in [3.05, 3.63) is 89.3 Å². The van der Waals surface area contributed by atoms with Gasteiger partial charge >= 0.3 is 0 Å². The average Bonchev–Trinajstić information content (AvgIpc) is 3.35. The van der Waals surface area contributed by atoms with Gasteiger partial charge in [0.1, 0.15) is 18.2 Å². The van der Waals surface area contributed by atoms with Crippen LogP contribution in [0.4, 0.5) is 4.39 Å². The lowest BCUT2D eigenvalue weighted by atomic mass is 10.1. The van der Waals surface area contributed by atoms with Gasteiger partial charge in [-0.2, -0.15) is 17.6 Å². The predicted octanol–water partition coefficient (Wildman–Crippen LogP) is 5.18. The first-order valence-corrected chi connectivity index (χ1v) is 11.8. The van der Waals surface area contributed by atoms with Crippen LogP contribution in [0.2, 0.25) is 5.02 Å². The molecule has 4 rings (SSSR count). The van der Waals surface area contributed by atoms with E-state index < -0.39 is 15.8 Å². The van der Waals surface area contributed by atoms with Gasteiger partial charge in [0.2, 0.25) is 0 Å². The van der Waals surface area contributed by atoms with Crippen molar-refractivity contribution in [2.45, 2.75) is 11.5 Å². The van der Waals surface area contributed by atoms with Crippen LogP contribution in [0.3, 0.4) is 0 Å². The largest absolute Gasteiger partial charge is 0.493 e. The summed E-state index contributed by atoms with van der Waals surface area (Å²) in [4.78, 5) is 0.00959. The Labute approximate surface area is 201 Å². The molecule has 0 amide bonds. The fourth-order valence-electron chi connectivity index (χ4n) is 3.23. The number of benzene rings is 3. The molecular formula is C24H20ClFN2O5S. The summed E-state index contributed by atoms with van der Waals surface area (Å²) in [7, 11) is -1.04. The van der Waals surface area contributed by atoms with Gasteiger partial charge in [-0.3, -0.25) is 0 Å². The molecule has 0 spiro atoms. The zero-order valence-corrected chi connectivity index (χ0v) is 19.8. The highest BCUT2D eigenvalue weighted by Gasteiger charge is 2.21. The summed E-state index contributed by atoms with van der Waals surface area (Å²) in [5.41, 5.74) is 1.40. The van der Waals surface area contributed by atoms with E-state index in [-0.39, 0.29) is 22.1 Å². The molecule has 0 fully saturated rings. The minimum atomic E-state index is -3.94. The second-order valence-corrected chi connectivity index (χ2v) is 9.31. The van der Waals surface area contributed by atoms with E-state index in [1.54, 1.807) is 36.4 Å². The van der Waals surface area contributed by atoms with Crippen molar-refractivity contribution >= 4 is 21.6 Å². The number of halogens is 2. The van der Waals surface area contributed by atoms with Crippen LogP contribution in [0.1, 0.15) is 5.56 Å². The predicted molar refractivity (Wildman–Crippen MR) is 126 cm³/mol. The van der Waals surface area contributed by atoms with Gasteiger partial charge in [-0.05, 0) is 54.6 Å². The summed E-state index contributed by atoms with van der Waals surface area (Å²) in [5, 5.41) is 4.51. The van der Waals surface area contributed by atoms with Crippen molar-refractivity contribution in [1.82, 2.24) is 9.19 Å². The zero-order valence-electron chi connectivity index (χ0n) is 18.2. The van der Waals surface area contributed by atoms with E-state index in [4.69, 9.17) is 25.8 Å². The molecule has 1 aromatic heterocycles. The topological polar surface area (TPSA) is 79.7 Å². The lowest BCUT2D eigenvalue weighted by Crippen LogP contribution is -2.14. The summed E-state index contributed by atoms with van der Waals surface area (Å²) in [6.07, 6.45) is 1.37. The summed E-state index contributed by atoms with van der Waals surface area (Å²) in [6.45, 7) is -0.0248. The summed E-state index contributed by atoms with van der Waals surface area (Å²) < 4.78 is 56.8. The maximum atomic E-state index is 13.9. The molecule has 1 heterocycles. The van der Waals surface area contributed by atoms with Crippen LogP contribution in [0, 0.1) is 5.82 Å². The van der Waals surface area contributed by atoms with Crippen LogP contribution in [0.5, 0.6) is 17.2 Å². The minimum Gasteiger partial charge on any atom is -0.493 e. The van der Waals surface area contributed by atoms with E-state index in [1.807, 2.05) is 0 Å². The smallest absolute Gasteiger partial charge is 0.283 e. The number of methoxy groups -OCH3 is 2. The maximum absolute atomic E-state index is 13.9. The number of hydrogen-bond donors (Lipinski definition) is 0. The Bertz CT molecular complexity index is 1400. The number of ether oxygens (including phenoxy) is 3. The molecule has 0 bridgehead atoms. The Morgan fingerprint density at radius 2 is 1.71 bits per heavy atom. The molecule has 0 aliphatic heterocycles. The molecule has 0 aliphatic carbocycles. The van der Waals surface area contributed by atoms with Crippen molar-refractivity contribution in [3.63, 3.8) is 0 Å². The Morgan fingerprint density at radius 1 is 0.971 bits per heavy atom. The van der Waals surface area contributed by atoms with Gasteiger partial charge in [0.15, 0.2) is 11.5 Å². The van der Waals surface area contributed by atoms with Gasteiger partial charge < -0.3 is 14.2 Å². The SMILES string of the molecule is COc1ccc(S(=O)(=O)n2ccc(-c3ccc(OCc4c(F)cccc4Cl)cc3)n2)cc1OC. The number of rotatable bonds is 8. The molecule has 0 N–H and O–H groups in total. The molecule has 0 saturated heterocycles. The van der Waals surface area contributed by atoms with Crippen LogP contribution < -0.4 is 14.2 Å². The van der Waals surface area contributed by atoms with E-state index in [0.717, 1.165) is 4.09 Å². The minimum absolute atomic E-state index is 0.00959. The lowest BCUT2D eigenvalue weighted by Gasteiger charge is -2.10. The van der Waals surface area contributed by atoms with Gasteiger partial charge in [-0.1, -0.05) is 17.7 Å². The monoisotopic (exact) mass is 502 g/mol. The molecule has 0 radical (unpaired) electrons. The zero-order chi connectivity index (χ0) is 24.3. The van der Waals surface area contributed by atoms with E-state index in [9.17, 15) is 12.8 Å². The van der Waals surface area contributed by atoms with Crippen LogP contribution in [-0.4, -0.2) is 31.8 Å². The Morgan fingerprint density at radius 3 is 2.38 bits per heavy atom. The van der Waals surface area contributed by atoms with E-state index in [1.165, 1.54) is 50.7 Å². The fraction of sp³-hybridized carbons (Fsp3) is 0.125. The summed E-state index contributed by atoms with van der Waals surface area (Å²) >= 11 is 6.02. The first-order valence-electron chi connectivity index (χ1n) is 10.0. The first-order chi connectivity index (χ1) is 16.3. The fourth-order valence-corrected chi connectivity index (χ4v) is 4.57. The molecule has 0 atom stereocenters. The average molecular weight is 503 g/mol. The number of nitrogens with zero attached hydrogens (tertiary/aromatic N) is 2. The van der Waals surface area contributed by atoms with Crippen LogP contribution in [0.25, 0.3) is 11.3 Å². The Hall–Kier alpha value is -3.56. The third kappa shape index (κ3) is 4.71. The van der Waals surface area contributed by atoms with E-state index >= 15 is 0 Å². The summed E-state index contributed by atoms with van der Waals surface area (Å²) in [5.74, 6) is 0.774. The molecule has 10 heteroatoms. The van der Waals surface area contributed by atoms with Crippen LogP contribution in [0.15, 0.2) is 77.8 Å². The van der Waals surface area contributed by atoms with E-state index in [2.05, 4.69) is 5.10 Å². The quantitative estimate of drug-likeness (QED) is 0.330. The van der Waals surface area contributed by atoms with Gasteiger partial charge in [0.25, 0.3) is 10.0 Å². The third-order valence-electron chi connectivity index (χ3n) is 5.06. The summed E-state index contributed by atoms with van der Waals surface area (Å²) in [6, 6.07) is 17.2. The highest BCUT2D eigenvalue weighted by Crippen LogP contribution is 2.30. The molecule has 3 aromatic carbocycles. The van der Waals surface area contributed by atoms with Crippen molar-refractivity contribution < 1.29 is 27.0 Å². The molecule has 176 valence electrons. The van der Waals surface area contributed by atoms with Crippen LogP contribution in [-0.2, 0) is 16.6 Å². The van der Waals surface area contributed by atoms with Crippen molar-refractivity contribution in [1.29, 1.82) is 0 Å². The third-order valence-corrected chi connectivity index (χ3v) is 6.96. The van der Waals surface area contributed by atoms with Gasteiger partial charge in [-0.15, -0.1) is 0 Å². The molecule has 7 nitrogen and oxygen atoms in total. The second-order valence-electron chi connectivity index (χ2n) is 7.11. The van der Waals surface area contributed by atoms with Crippen molar-refractivity contribution in [3.8, 4) is 28.5 Å². The van der Waals surface area contributed by atoms with Crippen LogP contribution >= 0.6 is 11.6 Å². The number of aromatic nitrogens is 2. The number of hydrogen-bond acceptors (Lipinski definition) is 6.